The molecule has 0 atom stereocenters. The molecular weight excluding hydrogens is 340 g/mol. The summed E-state index contributed by atoms with van der Waals surface area (Å²) in [5.74, 6) is 0. The van der Waals surface area contributed by atoms with Gasteiger partial charge in [-0.25, -0.2) is 0 Å². The maximum absolute atomic E-state index is 4.18. The molecule has 0 aliphatic carbocycles. The topological polar surface area (TPSA) is 24.7 Å². The molecule has 0 N–H and O–H groups in total. The van der Waals surface area contributed by atoms with Crippen LogP contribution in [0.25, 0.3) is 0 Å². The Balaban J connectivity index is 1.74. The average molecular weight is 375 g/mol. The Morgan fingerprint density at radius 3 is 1.68 bits per heavy atom. The normalized spacial score (nSPS) is 11.5. The van der Waals surface area contributed by atoms with E-state index in [0.29, 0.717) is 0 Å². The van der Waals surface area contributed by atoms with E-state index >= 15 is 0 Å². The molecule has 0 aliphatic heterocycles. The van der Waals surface area contributed by atoms with Crippen molar-refractivity contribution in [1.82, 2.24) is 0 Å². The van der Waals surface area contributed by atoms with Crippen molar-refractivity contribution in [3.63, 3.8) is 0 Å². The average Bonchev–Trinajstić information content (AvgIpc) is 2.73. The first-order valence-electron chi connectivity index (χ1n) is 10.7. The highest BCUT2D eigenvalue weighted by Gasteiger charge is 1.95. The second kappa shape index (κ2) is 13.7. The summed E-state index contributed by atoms with van der Waals surface area (Å²) in [5, 5.41) is 8.35. The monoisotopic (exact) mass is 374 g/mol. The highest BCUT2D eigenvalue weighted by atomic mass is 15.2. The number of rotatable bonds is 13. The zero-order valence-corrected chi connectivity index (χ0v) is 17.3. The zero-order chi connectivity index (χ0) is 19.9. The van der Waals surface area contributed by atoms with E-state index in [1.54, 1.807) is 6.21 Å². The van der Waals surface area contributed by atoms with Gasteiger partial charge in [0.15, 0.2) is 0 Å². The highest BCUT2D eigenvalue weighted by Crippen LogP contribution is 2.10. The van der Waals surface area contributed by atoms with Crippen LogP contribution in [0, 0.1) is 0 Å². The molecule has 0 spiro atoms. The van der Waals surface area contributed by atoms with Gasteiger partial charge in [-0.1, -0.05) is 87.2 Å². The third kappa shape index (κ3) is 8.94. The van der Waals surface area contributed by atoms with Crippen molar-refractivity contribution < 1.29 is 0 Å². The first kappa shape index (κ1) is 21.8. The predicted octanol–water partition coefficient (Wildman–Crippen LogP) is 7.16. The lowest BCUT2D eigenvalue weighted by Gasteiger charge is -2.02. The van der Waals surface area contributed by atoms with Crippen LogP contribution in [0.2, 0.25) is 0 Å². The molecule has 148 valence electrons. The zero-order valence-electron chi connectivity index (χ0n) is 17.3. The maximum Gasteiger partial charge on any atom is 0.0568 e. The first-order valence-corrected chi connectivity index (χ1v) is 10.7. The third-order valence-corrected chi connectivity index (χ3v) is 4.88. The molecule has 0 aliphatic rings. The summed E-state index contributed by atoms with van der Waals surface area (Å²) in [7, 11) is 0. The lowest BCUT2D eigenvalue weighted by Crippen LogP contribution is -1.88. The lowest BCUT2D eigenvalue weighted by molar-refractivity contribution is 0.632. The summed E-state index contributed by atoms with van der Waals surface area (Å²) in [6.07, 6.45) is 16.7. The summed E-state index contributed by atoms with van der Waals surface area (Å²) >= 11 is 0. The smallest absolute Gasteiger partial charge is 0.0568 e. The van der Waals surface area contributed by atoms with Gasteiger partial charge in [0.1, 0.15) is 0 Å². The molecule has 0 radical (unpaired) electrons. The molecule has 0 fully saturated rings. The second-order valence-electron chi connectivity index (χ2n) is 7.32. The quantitative estimate of drug-likeness (QED) is 0.154. The van der Waals surface area contributed by atoms with Crippen LogP contribution in [0.4, 0.5) is 0 Å². The summed E-state index contributed by atoms with van der Waals surface area (Å²) in [4.78, 5) is 0. The molecule has 2 nitrogen and oxygen atoms in total. The number of unbranched alkanes of at least 4 members (excludes halogenated alkanes) is 5. The molecule has 28 heavy (non-hydrogen) atoms. The number of allylic oxidation sites excluding steroid dienone is 1. The van der Waals surface area contributed by atoms with Crippen LogP contribution in [-0.4, -0.2) is 12.4 Å². The molecule has 2 rings (SSSR count). The number of hydrogen-bond acceptors (Lipinski definition) is 2. The van der Waals surface area contributed by atoms with Crippen LogP contribution in [0.1, 0.15) is 74.1 Å². The van der Waals surface area contributed by atoms with Crippen LogP contribution in [-0.2, 0) is 12.8 Å². The molecule has 0 heterocycles. The van der Waals surface area contributed by atoms with E-state index in [2.05, 4.69) is 72.2 Å². The van der Waals surface area contributed by atoms with Gasteiger partial charge in [0.2, 0.25) is 0 Å². The fourth-order valence-electron chi connectivity index (χ4n) is 3.12. The molecule has 0 aromatic heterocycles. The highest BCUT2D eigenvalue weighted by molar-refractivity contribution is 5.82. The number of hydrogen-bond donors (Lipinski definition) is 0. The van der Waals surface area contributed by atoms with Crippen LogP contribution in [0.5, 0.6) is 0 Å². The Labute approximate surface area is 171 Å². The summed E-state index contributed by atoms with van der Waals surface area (Å²) in [6.45, 7) is 6.02. The molecule has 0 unspecified atom stereocenters. The Hall–Kier alpha value is -2.48. The van der Waals surface area contributed by atoms with Gasteiger partial charge in [0.05, 0.1) is 12.4 Å². The SMILES string of the molecule is C=CCCCc1ccc(/C=N/N=C/c2ccc(CCCCCCC)cc2)cc1. The fourth-order valence-corrected chi connectivity index (χ4v) is 3.12. The maximum atomic E-state index is 4.18. The van der Waals surface area contributed by atoms with Gasteiger partial charge < -0.3 is 0 Å². The molecule has 2 aromatic carbocycles. The molecule has 2 aromatic rings. The Morgan fingerprint density at radius 2 is 1.18 bits per heavy atom. The Bertz CT molecular complexity index is 724. The van der Waals surface area contributed by atoms with E-state index in [1.807, 2.05) is 12.3 Å². The summed E-state index contributed by atoms with van der Waals surface area (Å²) < 4.78 is 0. The third-order valence-electron chi connectivity index (χ3n) is 4.88. The van der Waals surface area contributed by atoms with Gasteiger partial charge in [-0.3, -0.25) is 0 Å². The second-order valence-corrected chi connectivity index (χ2v) is 7.32. The van der Waals surface area contributed by atoms with Crippen LogP contribution >= 0.6 is 0 Å². The van der Waals surface area contributed by atoms with Gasteiger partial charge in [0.25, 0.3) is 0 Å². The van der Waals surface area contributed by atoms with E-state index in [0.717, 1.165) is 30.4 Å². The first-order chi connectivity index (χ1) is 13.8. The fraction of sp³-hybridized carbons (Fsp3) is 0.385. The lowest BCUT2D eigenvalue weighted by atomic mass is 10.0. The van der Waals surface area contributed by atoms with Crippen molar-refractivity contribution in [2.75, 3.05) is 0 Å². The molecular formula is C26H34N2. The van der Waals surface area contributed by atoms with Gasteiger partial charge in [0, 0.05) is 0 Å². The standard InChI is InChI=1S/C26H34N2/c1-3-5-7-8-10-12-24-15-19-26(20-16-24)22-28-27-21-25-17-13-23(14-18-25)11-9-6-4-2/h4,13-22H,2-3,5-12H2,1H3/b27-21+,28-22+. The van der Waals surface area contributed by atoms with Gasteiger partial charge in [-0.15, -0.1) is 6.58 Å². The Morgan fingerprint density at radius 1 is 0.679 bits per heavy atom. The molecule has 0 amide bonds. The Kier molecular flexibility index (Phi) is 10.6. The molecule has 0 saturated heterocycles. The molecule has 0 bridgehead atoms. The van der Waals surface area contributed by atoms with Crippen molar-refractivity contribution in [3.8, 4) is 0 Å². The number of aryl methyl sites for hydroxylation is 2. The van der Waals surface area contributed by atoms with E-state index < -0.39 is 0 Å². The van der Waals surface area contributed by atoms with Crippen LogP contribution < -0.4 is 0 Å². The van der Waals surface area contributed by atoms with Crippen LogP contribution in [0.3, 0.4) is 0 Å². The number of benzene rings is 2. The van der Waals surface area contributed by atoms with Crippen molar-refractivity contribution in [2.24, 2.45) is 10.2 Å². The van der Waals surface area contributed by atoms with E-state index in [9.17, 15) is 0 Å². The minimum atomic E-state index is 1.07. The van der Waals surface area contributed by atoms with Gasteiger partial charge in [-0.05, 0) is 54.4 Å². The van der Waals surface area contributed by atoms with E-state index in [4.69, 9.17) is 0 Å². The molecule has 0 saturated carbocycles. The van der Waals surface area contributed by atoms with Gasteiger partial charge >= 0.3 is 0 Å². The van der Waals surface area contributed by atoms with Crippen LogP contribution in [0.15, 0.2) is 71.4 Å². The predicted molar refractivity (Wildman–Crippen MR) is 124 cm³/mol. The van der Waals surface area contributed by atoms with Crippen molar-refractivity contribution >= 4 is 12.4 Å². The van der Waals surface area contributed by atoms with Crippen molar-refractivity contribution in [1.29, 1.82) is 0 Å². The van der Waals surface area contributed by atoms with E-state index in [1.165, 1.54) is 49.7 Å². The van der Waals surface area contributed by atoms with Gasteiger partial charge in [-0.2, -0.15) is 10.2 Å². The minimum Gasteiger partial charge on any atom is -0.159 e. The van der Waals surface area contributed by atoms with Crippen molar-refractivity contribution in [2.45, 2.75) is 64.7 Å². The van der Waals surface area contributed by atoms with E-state index in [-0.39, 0.29) is 0 Å². The summed E-state index contributed by atoms with van der Waals surface area (Å²) in [6, 6.07) is 17.2. The number of nitrogens with zero attached hydrogens (tertiary/aromatic N) is 2. The van der Waals surface area contributed by atoms with Crippen molar-refractivity contribution in [3.05, 3.63) is 83.4 Å². The minimum absolute atomic E-state index is 1.07. The largest absolute Gasteiger partial charge is 0.159 e. The summed E-state index contributed by atoms with van der Waals surface area (Å²) in [5.41, 5.74) is 4.92. The molecule has 2 heteroatoms.